The minimum Gasteiger partial charge on any atom is -0.478 e. The maximum Gasteiger partial charge on any atom is 0.336 e. The van der Waals surface area contributed by atoms with Crippen LogP contribution in [0.15, 0.2) is 51.8 Å². The summed E-state index contributed by atoms with van der Waals surface area (Å²) < 4.78 is 13.1. The number of carboxylic acid groups (broad SMARTS) is 1. The van der Waals surface area contributed by atoms with Crippen LogP contribution >= 0.6 is 15.9 Å². The highest BCUT2D eigenvalue weighted by Crippen LogP contribution is 2.22. The van der Waals surface area contributed by atoms with E-state index in [1.54, 1.807) is 12.1 Å². The monoisotopic (exact) mass is 352 g/mol. The maximum absolute atomic E-state index is 12.4. The Kier molecular flexibility index (Phi) is 4.73. The molecule has 0 spiro atoms. The predicted molar refractivity (Wildman–Crippen MR) is 82.4 cm³/mol. The third-order valence-electron chi connectivity index (χ3n) is 2.80. The van der Waals surface area contributed by atoms with Crippen molar-refractivity contribution in [3.63, 3.8) is 0 Å². The van der Waals surface area contributed by atoms with Crippen molar-refractivity contribution >= 4 is 32.7 Å². The number of halogens is 1. The lowest BCUT2D eigenvalue weighted by atomic mass is 10.2. The van der Waals surface area contributed by atoms with Gasteiger partial charge in [-0.3, -0.25) is 4.21 Å². The number of rotatable bonds is 4. The molecule has 0 aliphatic heterocycles. The maximum atomic E-state index is 12.4. The molecule has 0 radical (unpaired) electrons. The second kappa shape index (κ2) is 6.33. The molecule has 0 amide bonds. The van der Waals surface area contributed by atoms with Crippen LogP contribution in [0.5, 0.6) is 0 Å². The fraction of sp³-hybridized carbons (Fsp3) is 0.133. The molecule has 2 rings (SSSR count). The van der Waals surface area contributed by atoms with Gasteiger partial charge in [-0.25, -0.2) is 4.79 Å². The van der Waals surface area contributed by atoms with Crippen LogP contribution < -0.4 is 0 Å². The Labute approximate surface area is 128 Å². The summed E-state index contributed by atoms with van der Waals surface area (Å²) in [6.07, 6.45) is 0. The molecule has 2 aromatic rings. The van der Waals surface area contributed by atoms with Crippen LogP contribution in [0.25, 0.3) is 0 Å². The van der Waals surface area contributed by atoms with E-state index < -0.39 is 16.8 Å². The summed E-state index contributed by atoms with van der Waals surface area (Å²) in [6, 6.07) is 12.4. The summed E-state index contributed by atoms with van der Waals surface area (Å²) in [6.45, 7) is 1.97. The quantitative estimate of drug-likeness (QED) is 0.911. The highest BCUT2D eigenvalue weighted by atomic mass is 79.9. The number of carbonyl (C=O) groups is 1. The molecule has 0 aliphatic rings. The first-order valence-electron chi connectivity index (χ1n) is 5.94. The minimum atomic E-state index is -1.40. The molecule has 0 aromatic heterocycles. The number of aromatic carboxylic acids is 1. The molecule has 0 bridgehead atoms. The molecule has 20 heavy (non-hydrogen) atoms. The van der Waals surface area contributed by atoms with Crippen LogP contribution in [0.3, 0.4) is 0 Å². The lowest BCUT2D eigenvalue weighted by Crippen LogP contribution is -2.06. The van der Waals surface area contributed by atoms with E-state index in [4.69, 9.17) is 5.11 Å². The molecule has 1 atom stereocenters. The SMILES string of the molecule is Cc1cccc(CS(=O)c2cc(Br)ccc2C(=O)O)c1. The summed E-state index contributed by atoms with van der Waals surface area (Å²) in [7, 11) is -1.40. The van der Waals surface area contributed by atoms with E-state index in [2.05, 4.69) is 15.9 Å². The fourth-order valence-corrected chi connectivity index (χ4v) is 3.70. The fourth-order valence-electron chi connectivity index (χ4n) is 1.89. The first-order valence-corrected chi connectivity index (χ1v) is 8.05. The Morgan fingerprint density at radius 2 is 2.00 bits per heavy atom. The Balaban J connectivity index is 2.34. The molecule has 3 nitrogen and oxygen atoms in total. The lowest BCUT2D eigenvalue weighted by molar-refractivity contribution is 0.0693. The normalized spacial score (nSPS) is 12.1. The highest BCUT2D eigenvalue weighted by molar-refractivity contribution is 9.10. The third-order valence-corrected chi connectivity index (χ3v) is 4.72. The van der Waals surface area contributed by atoms with Crippen molar-refractivity contribution in [2.45, 2.75) is 17.6 Å². The second-order valence-electron chi connectivity index (χ2n) is 4.42. The van der Waals surface area contributed by atoms with Crippen molar-refractivity contribution < 1.29 is 14.1 Å². The Morgan fingerprint density at radius 1 is 1.25 bits per heavy atom. The van der Waals surface area contributed by atoms with Crippen molar-refractivity contribution in [3.8, 4) is 0 Å². The molecule has 0 heterocycles. The highest BCUT2D eigenvalue weighted by Gasteiger charge is 2.16. The zero-order chi connectivity index (χ0) is 14.7. The molecule has 0 aliphatic carbocycles. The Morgan fingerprint density at radius 3 is 2.65 bits per heavy atom. The number of benzene rings is 2. The molecular weight excluding hydrogens is 340 g/mol. The molecule has 1 N–H and O–H groups in total. The molecule has 5 heteroatoms. The summed E-state index contributed by atoms with van der Waals surface area (Å²) in [5.74, 6) is -0.761. The summed E-state index contributed by atoms with van der Waals surface area (Å²) in [4.78, 5) is 11.5. The van der Waals surface area contributed by atoms with E-state index in [1.165, 1.54) is 6.07 Å². The standard InChI is InChI=1S/C15H13BrO3S/c1-10-3-2-4-11(7-10)9-20(19)14-8-12(16)5-6-13(14)15(17)18/h2-8H,9H2,1H3,(H,17,18). The summed E-state index contributed by atoms with van der Waals surface area (Å²) >= 11 is 3.28. The van der Waals surface area contributed by atoms with E-state index in [0.29, 0.717) is 10.6 Å². The van der Waals surface area contributed by atoms with Crippen molar-refractivity contribution in [2.24, 2.45) is 0 Å². The van der Waals surface area contributed by atoms with Gasteiger partial charge in [0.2, 0.25) is 0 Å². The predicted octanol–water partition coefficient (Wildman–Crippen LogP) is 3.76. The smallest absolute Gasteiger partial charge is 0.336 e. The number of aryl methyl sites for hydroxylation is 1. The third kappa shape index (κ3) is 3.55. The summed E-state index contributed by atoms with van der Waals surface area (Å²) in [5, 5.41) is 9.17. The Hall–Kier alpha value is -1.46. The number of carboxylic acids is 1. The van der Waals surface area contributed by atoms with E-state index >= 15 is 0 Å². The van der Waals surface area contributed by atoms with Crippen molar-refractivity contribution in [1.29, 1.82) is 0 Å². The number of hydrogen-bond acceptors (Lipinski definition) is 2. The van der Waals surface area contributed by atoms with Gasteiger partial charge >= 0.3 is 5.97 Å². The minimum absolute atomic E-state index is 0.0826. The first-order chi connectivity index (χ1) is 9.47. The Bertz CT molecular complexity index is 683. The van der Waals surface area contributed by atoms with Gasteiger partial charge in [0.05, 0.1) is 27.0 Å². The van der Waals surface area contributed by atoms with Crippen molar-refractivity contribution in [3.05, 3.63) is 63.6 Å². The van der Waals surface area contributed by atoms with Gasteiger partial charge in [0.25, 0.3) is 0 Å². The molecule has 1 unspecified atom stereocenters. The molecular formula is C15H13BrO3S. The van der Waals surface area contributed by atoms with Gasteiger partial charge in [0, 0.05) is 4.47 Å². The van der Waals surface area contributed by atoms with E-state index in [9.17, 15) is 9.00 Å². The summed E-state index contributed by atoms with van der Waals surface area (Å²) in [5.41, 5.74) is 2.10. The zero-order valence-electron chi connectivity index (χ0n) is 10.8. The topological polar surface area (TPSA) is 54.4 Å². The average Bonchev–Trinajstić information content (AvgIpc) is 2.38. The van der Waals surface area contributed by atoms with Crippen LogP contribution in [0, 0.1) is 6.92 Å². The van der Waals surface area contributed by atoms with Crippen LogP contribution in [-0.4, -0.2) is 15.3 Å². The van der Waals surface area contributed by atoms with Gasteiger partial charge in [-0.2, -0.15) is 0 Å². The zero-order valence-corrected chi connectivity index (χ0v) is 13.2. The van der Waals surface area contributed by atoms with Crippen LogP contribution in [0.1, 0.15) is 21.5 Å². The molecule has 2 aromatic carbocycles. The van der Waals surface area contributed by atoms with E-state index in [-0.39, 0.29) is 5.56 Å². The van der Waals surface area contributed by atoms with Gasteiger partial charge in [0.15, 0.2) is 0 Å². The molecule has 0 saturated carbocycles. The van der Waals surface area contributed by atoms with Gasteiger partial charge in [0.1, 0.15) is 0 Å². The van der Waals surface area contributed by atoms with Crippen molar-refractivity contribution in [1.82, 2.24) is 0 Å². The van der Waals surface area contributed by atoms with Crippen molar-refractivity contribution in [2.75, 3.05) is 0 Å². The van der Waals surface area contributed by atoms with E-state index in [0.717, 1.165) is 15.6 Å². The van der Waals surface area contributed by atoms with Crippen LogP contribution in [-0.2, 0) is 16.6 Å². The second-order valence-corrected chi connectivity index (χ2v) is 6.76. The van der Waals surface area contributed by atoms with Gasteiger partial charge in [-0.1, -0.05) is 45.8 Å². The molecule has 0 saturated heterocycles. The van der Waals surface area contributed by atoms with Crippen LogP contribution in [0.2, 0.25) is 0 Å². The molecule has 0 fully saturated rings. The lowest BCUT2D eigenvalue weighted by Gasteiger charge is -2.07. The average molecular weight is 353 g/mol. The molecule has 104 valence electrons. The van der Waals surface area contributed by atoms with Gasteiger partial charge in [-0.15, -0.1) is 0 Å². The largest absolute Gasteiger partial charge is 0.478 e. The van der Waals surface area contributed by atoms with E-state index in [1.807, 2.05) is 31.2 Å². The number of hydrogen-bond donors (Lipinski definition) is 1. The van der Waals surface area contributed by atoms with Gasteiger partial charge in [-0.05, 0) is 30.7 Å². The van der Waals surface area contributed by atoms with Crippen LogP contribution in [0.4, 0.5) is 0 Å². The van der Waals surface area contributed by atoms with Gasteiger partial charge < -0.3 is 5.11 Å². The first kappa shape index (κ1) is 14.9.